The van der Waals surface area contributed by atoms with Crippen molar-refractivity contribution in [3.8, 4) is 5.75 Å². The van der Waals surface area contributed by atoms with E-state index in [1.807, 2.05) is 0 Å². The quantitative estimate of drug-likeness (QED) is 0.802. The molecule has 1 aromatic heterocycles. The van der Waals surface area contributed by atoms with E-state index in [1.165, 1.54) is 6.07 Å². The molecule has 1 atom stereocenters. The summed E-state index contributed by atoms with van der Waals surface area (Å²) in [6, 6.07) is 8.46. The number of carbonyl (C=O) groups is 3. The van der Waals surface area contributed by atoms with Gasteiger partial charge < -0.3 is 24.5 Å². The van der Waals surface area contributed by atoms with Crippen molar-refractivity contribution in [2.45, 2.75) is 19.9 Å². The van der Waals surface area contributed by atoms with E-state index in [2.05, 4.69) is 5.32 Å². The van der Waals surface area contributed by atoms with E-state index in [4.69, 9.17) is 14.3 Å². The van der Waals surface area contributed by atoms with Crippen LogP contribution in [-0.2, 0) is 16.1 Å². The molecule has 2 N–H and O–H groups in total. The number of aryl methyl sites for hydroxylation is 1. The molecule has 0 saturated carbocycles. The Morgan fingerprint density at radius 3 is 2.63 bits per heavy atom. The van der Waals surface area contributed by atoms with Crippen LogP contribution in [0.5, 0.6) is 5.75 Å². The number of nitrogens with one attached hydrogen (secondary N) is 1. The third-order valence-corrected chi connectivity index (χ3v) is 4.52. The summed E-state index contributed by atoms with van der Waals surface area (Å²) in [4.78, 5) is 37.3. The summed E-state index contributed by atoms with van der Waals surface area (Å²) >= 11 is 0. The maximum absolute atomic E-state index is 12.4. The Hall–Kier alpha value is -3.29. The summed E-state index contributed by atoms with van der Waals surface area (Å²) in [6.45, 7) is 1.91. The molecule has 0 bridgehead atoms. The molecule has 0 radical (unpaired) electrons. The van der Waals surface area contributed by atoms with Crippen LogP contribution in [0.2, 0.25) is 0 Å². The van der Waals surface area contributed by atoms with Gasteiger partial charge in [-0.15, -0.1) is 0 Å². The van der Waals surface area contributed by atoms with Crippen molar-refractivity contribution >= 4 is 23.5 Å². The fourth-order valence-electron chi connectivity index (χ4n) is 3.06. The molecule has 2 heterocycles. The topological polar surface area (TPSA) is 109 Å². The number of benzene rings is 1. The van der Waals surface area contributed by atoms with Gasteiger partial charge in [-0.25, -0.2) is 4.79 Å². The Labute approximate surface area is 155 Å². The van der Waals surface area contributed by atoms with Gasteiger partial charge in [-0.05, 0) is 37.3 Å². The van der Waals surface area contributed by atoms with Crippen molar-refractivity contribution in [2.75, 3.05) is 18.6 Å². The predicted octanol–water partition coefficient (Wildman–Crippen LogP) is 1.96. The number of hydrogen-bond donors (Lipinski definition) is 2. The van der Waals surface area contributed by atoms with E-state index in [1.54, 1.807) is 43.2 Å². The molecule has 1 aromatic carbocycles. The second kappa shape index (κ2) is 7.53. The highest BCUT2D eigenvalue weighted by molar-refractivity contribution is 6.00. The molecule has 27 heavy (non-hydrogen) atoms. The number of rotatable bonds is 6. The number of aromatic carboxylic acids is 1. The van der Waals surface area contributed by atoms with Crippen molar-refractivity contribution in [1.82, 2.24) is 5.32 Å². The maximum Gasteiger partial charge on any atom is 0.339 e. The van der Waals surface area contributed by atoms with Crippen LogP contribution in [0.25, 0.3) is 0 Å². The molecule has 3 rings (SSSR count). The molecule has 1 aliphatic rings. The summed E-state index contributed by atoms with van der Waals surface area (Å²) in [7, 11) is 1.57. The number of carboxylic acids is 1. The first-order valence-electron chi connectivity index (χ1n) is 8.43. The first-order valence-corrected chi connectivity index (χ1v) is 8.43. The third-order valence-electron chi connectivity index (χ3n) is 4.52. The largest absolute Gasteiger partial charge is 0.497 e. The van der Waals surface area contributed by atoms with E-state index >= 15 is 0 Å². The molecule has 1 saturated heterocycles. The smallest absolute Gasteiger partial charge is 0.339 e. The van der Waals surface area contributed by atoms with E-state index in [0.29, 0.717) is 17.2 Å². The van der Waals surface area contributed by atoms with Gasteiger partial charge in [-0.3, -0.25) is 9.59 Å². The van der Waals surface area contributed by atoms with E-state index < -0.39 is 11.9 Å². The van der Waals surface area contributed by atoms with Crippen LogP contribution in [0.15, 0.2) is 34.7 Å². The first-order chi connectivity index (χ1) is 12.9. The van der Waals surface area contributed by atoms with E-state index in [9.17, 15) is 14.4 Å². The third kappa shape index (κ3) is 3.94. The highest BCUT2D eigenvalue weighted by Gasteiger charge is 2.35. The van der Waals surface area contributed by atoms with Crippen molar-refractivity contribution < 1.29 is 28.6 Å². The fraction of sp³-hybridized carbons (Fsp3) is 0.316. The Morgan fingerprint density at radius 1 is 1.33 bits per heavy atom. The van der Waals surface area contributed by atoms with Gasteiger partial charge in [0.15, 0.2) is 0 Å². The normalized spacial score (nSPS) is 16.4. The SMILES string of the molecule is COc1ccc(N2C[C@@H](C(=O)NCc3cc(C(=O)O)c(C)o3)CC2=O)cc1. The molecule has 142 valence electrons. The molecule has 2 amide bonds. The average Bonchev–Trinajstić information content (AvgIpc) is 3.22. The molecule has 8 heteroatoms. The predicted molar refractivity (Wildman–Crippen MR) is 95.7 cm³/mol. The van der Waals surface area contributed by atoms with Crippen molar-refractivity contribution in [3.05, 3.63) is 47.4 Å². The lowest BCUT2D eigenvalue weighted by molar-refractivity contribution is -0.126. The lowest BCUT2D eigenvalue weighted by Gasteiger charge is -2.17. The molecule has 0 spiro atoms. The summed E-state index contributed by atoms with van der Waals surface area (Å²) in [5.74, 6) is -0.621. The molecule has 0 unspecified atom stereocenters. The van der Waals surface area contributed by atoms with Crippen LogP contribution < -0.4 is 15.0 Å². The molecule has 1 aliphatic heterocycles. The van der Waals surface area contributed by atoms with Crippen molar-refractivity contribution in [2.24, 2.45) is 5.92 Å². The highest BCUT2D eigenvalue weighted by Crippen LogP contribution is 2.27. The molecule has 8 nitrogen and oxygen atoms in total. The standard InChI is InChI=1S/C19H20N2O6/c1-11-16(19(24)25)8-15(27-11)9-20-18(23)12-7-17(22)21(10-12)13-3-5-14(26-2)6-4-13/h3-6,8,12H,7,9-10H2,1-2H3,(H,20,23)(H,24,25)/t12-/m0/s1. The Kier molecular flexibility index (Phi) is 5.16. The van der Waals surface area contributed by atoms with Gasteiger partial charge in [0.1, 0.15) is 22.8 Å². The zero-order chi connectivity index (χ0) is 19.6. The minimum Gasteiger partial charge on any atom is -0.497 e. The monoisotopic (exact) mass is 372 g/mol. The Balaban J connectivity index is 1.60. The number of nitrogens with zero attached hydrogens (tertiary/aromatic N) is 1. The minimum absolute atomic E-state index is 0.0696. The van der Waals surface area contributed by atoms with Crippen molar-refractivity contribution in [3.63, 3.8) is 0 Å². The van der Waals surface area contributed by atoms with Gasteiger partial charge in [0, 0.05) is 18.7 Å². The van der Waals surface area contributed by atoms with Gasteiger partial charge in [0.05, 0.1) is 19.6 Å². The second-order valence-electron chi connectivity index (χ2n) is 6.31. The summed E-state index contributed by atoms with van der Waals surface area (Å²) in [5.41, 5.74) is 0.782. The number of carboxylic acid groups (broad SMARTS) is 1. The fourth-order valence-corrected chi connectivity index (χ4v) is 3.06. The average molecular weight is 372 g/mol. The zero-order valence-corrected chi connectivity index (χ0v) is 15.0. The molecule has 1 fully saturated rings. The van der Waals surface area contributed by atoms with Gasteiger partial charge in [-0.1, -0.05) is 0 Å². The Bertz CT molecular complexity index is 871. The summed E-state index contributed by atoms with van der Waals surface area (Å²) < 4.78 is 10.4. The minimum atomic E-state index is -1.08. The highest BCUT2D eigenvalue weighted by atomic mass is 16.5. The van der Waals surface area contributed by atoms with Crippen LogP contribution >= 0.6 is 0 Å². The van der Waals surface area contributed by atoms with Crippen LogP contribution in [0, 0.1) is 12.8 Å². The number of carbonyl (C=O) groups excluding carboxylic acids is 2. The summed E-state index contributed by atoms with van der Waals surface area (Å²) in [6.07, 6.45) is 0.120. The Morgan fingerprint density at radius 2 is 2.04 bits per heavy atom. The number of ether oxygens (including phenoxy) is 1. The summed E-state index contributed by atoms with van der Waals surface area (Å²) in [5, 5.41) is 11.7. The van der Waals surface area contributed by atoms with Crippen LogP contribution in [0.1, 0.15) is 28.3 Å². The number of furan rings is 1. The van der Waals surface area contributed by atoms with E-state index in [-0.39, 0.29) is 42.6 Å². The van der Waals surface area contributed by atoms with Crippen molar-refractivity contribution in [1.29, 1.82) is 0 Å². The number of methoxy groups -OCH3 is 1. The van der Waals surface area contributed by atoms with Crippen LogP contribution in [0.4, 0.5) is 5.69 Å². The molecule has 2 aromatic rings. The lowest BCUT2D eigenvalue weighted by Crippen LogP contribution is -2.32. The second-order valence-corrected chi connectivity index (χ2v) is 6.31. The van der Waals surface area contributed by atoms with Crippen LogP contribution in [-0.4, -0.2) is 36.5 Å². The zero-order valence-electron chi connectivity index (χ0n) is 15.0. The molecule has 0 aliphatic carbocycles. The van der Waals surface area contributed by atoms with Gasteiger partial charge >= 0.3 is 5.97 Å². The first kappa shape index (κ1) is 18.5. The number of anilines is 1. The maximum atomic E-state index is 12.4. The van der Waals surface area contributed by atoms with Gasteiger partial charge in [0.25, 0.3) is 0 Å². The molecular weight excluding hydrogens is 352 g/mol. The van der Waals surface area contributed by atoms with Gasteiger partial charge in [0.2, 0.25) is 11.8 Å². The molecular formula is C19H20N2O6. The van der Waals surface area contributed by atoms with E-state index in [0.717, 1.165) is 0 Å². The number of amides is 2. The van der Waals surface area contributed by atoms with Crippen LogP contribution in [0.3, 0.4) is 0 Å². The lowest BCUT2D eigenvalue weighted by atomic mass is 10.1. The number of hydrogen-bond acceptors (Lipinski definition) is 5. The van der Waals surface area contributed by atoms with Gasteiger partial charge in [-0.2, -0.15) is 0 Å².